The minimum absolute atomic E-state index is 0.0585. The molecule has 0 aliphatic heterocycles. The fourth-order valence-electron chi connectivity index (χ4n) is 3.09. The average molecular weight is 626 g/mol. The van der Waals surface area contributed by atoms with E-state index in [-0.39, 0.29) is 11.5 Å². The van der Waals surface area contributed by atoms with Crippen molar-refractivity contribution in [3.63, 3.8) is 0 Å². The Morgan fingerprint density at radius 2 is 2.00 bits per heavy atom. The maximum atomic E-state index is 13.2. The third-order valence-corrected chi connectivity index (χ3v) is 6.42. The van der Waals surface area contributed by atoms with E-state index >= 15 is 0 Å². The van der Waals surface area contributed by atoms with Crippen LogP contribution in [-0.2, 0) is 9.53 Å². The minimum atomic E-state index is -0.711. The highest BCUT2D eigenvalue weighted by Crippen LogP contribution is 2.24. The number of carbonyl (C=O) groups is 1. The predicted molar refractivity (Wildman–Crippen MR) is 141 cm³/mol. The monoisotopic (exact) mass is 625 g/mol. The summed E-state index contributed by atoms with van der Waals surface area (Å²) in [5, 5.41) is 4.99. The molecule has 0 unspecified atom stereocenters. The highest BCUT2D eigenvalue weighted by atomic mass is 127. The largest absolute Gasteiger partial charge is 0.478 e. The van der Waals surface area contributed by atoms with Crippen molar-refractivity contribution in [3.8, 4) is 5.75 Å². The summed E-state index contributed by atoms with van der Waals surface area (Å²) in [6, 6.07) is 10.9. The molecule has 3 aromatic rings. The minimum Gasteiger partial charge on any atom is -0.478 e. The molecule has 0 spiro atoms. The van der Waals surface area contributed by atoms with E-state index < -0.39 is 12.1 Å². The second-order valence-corrected chi connectivity index (χ2v) is 9.58. The van der Waals surface area contributed by atoms with Crippen LogP contribution < -0.4 is 10.3 Å². The van der Waals surface area contributed by atoms with Gasteiger partial charge in [0.1, 0.15) is 11.6 Å². The lowest BCUT2D eigenvalue weighted by Crippen LogP contribution is -2.26. The standard InChI is InChI=1S/C24H25BrIN3O4/c1-5-14(3)22-28-20-9-8-17(25)12-18(20)23(30)29(22)27-13-16-7-10-21(19(26)11-16)33-15(4)24(31)32-6-2/h7-15H,5-6H2,1-4H3/t14-,15+/m1/s1. The summed E-state index contributed by atoms with van der Waals surface area (Å²) in [5.74, 6) is 0.837. The topological polar surface area (TPSA) is 82.8 Å². The SMILES string of the molecule is CCOC(=O)[C@H](C)Oc1ccc(C=Nn2c([C@H](C)CC)nc3ccc(Br)cc3c2=O)cc1I. The fraction of sp³-hybridized carbons (Fsp3) is 0.333. The summed E-state index contributed by atoms with van der Waals surface area (Å²) in [4.78, 5) is 29.8. The first-order valence-corrected chi connectivity index (χ1v) is 12.5. The highest BCUT2D eigenvalue weighted by Gasteiger charge is 2.18. The first-order valence-electron chi connectivity index (χ1n) is 10.6. The van der Waals surface area contributed by atoms with Crippen molar-refractivity contribution >= 4 is 61.6 Å². The number of esters is 1. The number of hydrogen-bond donors (Lipinski definition) is 0. The first-order chi connectivity index (χ1) is 15.7. The van der Waals surface area contributed by atoms with E-state index in [1.807, 2.05) is 31.2 Å². The van der Waals surface area contributed by atoms with Gasteiger partial charge in [-0.2, -0.15) is 9.78 Å². The molecule has 1 heterocycles. The summed E-state index contributed by atoms with van der Waals surface area (Å²) in [6.07, 6.45) is 1.74. The quantitative estimate of drug-likeness (QED) is 0.188. The zero-order valence-electron chi connectivity index (χ0n) is 18.8. The third kappa shape index (κ3) is 6.00. The Balaban J connectivity index is 1.95. The van der Waals surface area contributed by atoms with E-state index in [1.165, 1.54) is 4.68 Å². The van der Waals surface area contributed by atoms with Crippen molar-refractivity contribution in [2.24, 2.45) is 5.10 Å². The number of fused-ring (bicyclic) bond motifs is 1. The van der Waals surface area contributed by atoms with Gasteiger partial charge in [0.25, 0.3) is 5.56 Å². The summed E-state index contributed by atoms with van der Waals surface area (Å²) in [7, 11) is 0. The van der Waals surface area contributed by atoms with Crippen LogP contribution in [0.15, 0.2) is 50.8 Å². The smallest absolute Gasteiger partial charge is 0.347 e. The molecule has 0 bridgehead atoms. The maximum Gasteiger partial charge on any atom is 0.347 e. The Labute approximate surface area is 214 Å². The van der Waals surface area contributed by atoms with Gasteiger partial charge in [0, 0.05) is 10.4 Å². The zero-order valence-corrected chi connectivity index (χ0v) is 22.6. The van der Waals surface area contributed by atoms with E-state index in [0.717, 1.165) is 20.0 Å². The zero-order chi connectivity index (χ0) is 24.1. The molecule has 1 aromatic heterocycles. The van der Waals surface area contributed by atoms with E-state index in [9.17, 15) is 9.59 Å². The number of rotatable bonds is 8. The molecule has 0 aliphatic carbocycles. The lowest BCUT2D eigenvalue weighted by Gasteiger charge is -2.15. The molecule has 0 saturated heterocycles. The molecule has 2 aromatic carbocycles. The van der Waals surface area contributed by atoms with Crippen LogP contribution in [0.5, 0.6) is 5.75 Å². The van der Waals surface area contributed by atoms with Gasteiger partial charge in [0.15, 0.2) is 6.10 Å². The Bertz CT molecular complexity index is 1260. The number of ether oxygens (including phenoxy) is 2. The molecule has 0 amide bonds. The molecule has 9 heteroatoms. The first kappa shape index (κ1) is 25.4. The normalized spacial score (nSPS) is 13.3. The van der Waals surface area contributed by atoms with Gasteiger partial charge >= 0.3 is 5.97 Å². The maximum absolute atomic E-state index is 13.2. The van der Waals surface area contributed by atoms with Crippen LogP contribution in [0, 0.1) is 3.57 Å². The molecular weight excluding hydrogens is 601 g/mol. The molecule has 0 saturated carbocycles. The Morgan fingerprint density at radius 3 is 2.67 bits per heavy atom. The van der Waals surface area contributed by atoms with Crippen molar-refractivity contribution in [1.29, 1.82) is 0 Å². The van der Waals surface area contributed by atoms with Crippen LogP contribution in [-0.4, -0.2) is 34.6 Å². The molecule has 3 rings (SSSR count). The number of hydrogen-bond acceptors (Lipinski definition) is 6. The molecule has 7 nitrogen and oxygen atoms in total. The molecule has 0 N–H and O–H groups in total. The summed E-state index contributed by atoms with van der Waals surface area (Å²) in [5.41, 5.74) is 1.22. The molecule has 174 valence electrons. The molecule has 0 radical (unpaired) electrons. The van der Waals surface area contributed by atoms with Crippen LogP contribution in [0.25, 0.3) is 10.9 Å². The summed E-state index contributed by atoms with van der Waals surface area (Å²) >= 11 is 5.56. The van der Waals surface area contributed by atoms with E-state index in [1.54, 1.807) is 32.2 Å². The number of aromatic nitrogens is 2. The second-order valence-electron chi connectivity index (χ2n) is 7.50. The van der Waals surface area contributed by atoms with Crippen molar-refractivity contribution in [2.45, 2.75) is 46.1 Å². The van der Waals surface area contributed by atoms with Gasteiger partial charge in [-0.25, -0.2) is 9.78 Å². The van der Waals surface area contributed by atoms with Crippen molar-refractivity contribution in [2.75, 3.05) is 6.61 Å². The van der Waals surface area contributed by atoms with Crippen LogP contribution in [0.2, 0.25) is 0 Å². The number of benzene rings is 2. The van der Waals surface area contributed by atoms with Crippen LogP contribution in [0.4, 0.5) is 0 Å². The van der Waals surface area contributed by atoms with Gasteiger partial charge in [-0.05, 0) is 84.8 Å². The van der Waals surface area contributed by atoms with Gasteiger partial charge in [-0.1, -0.05) is 29.8 Å². The number of carbonyl (C=O) groups excluding carboxylic acids is 1. The fourth-order valence-corrected chi connectivity index (χ4v) is 4.12. The van der Waals surface area contributed by atoms with Gasteiger partial charge in [0.2, 0.25) is 0 Å². The molecule has 0 aliphatic rings. The molecular formula is C24H25BrIN3O4. The molecule has 33 heavy (non-hydrogen) atoms. The average Bonchev–Trinajstić information content (AvgIpc) is 2.79. The Morgan fingerprint density at radius 1 is 1.24 bits per heavy atom. The van der Waals surface area contributed by atoms with Gasteiger partial charge < -0.3 is 9.47 Å². The lowest BCUT2D eigenvalue weighted by atomic mass is 10.1. The van der Waals surface area contributed by atoms with E-state index in [0.29, 0.717) is 29.1 Å². The summed E-state index contributed by atoms with van der Waals surface area (Å²) < 4.78 is 13.7. The Kier molecular flexibility index (Phi) is 8.63. The lowest BCUT2D eigenvalue weighted by molar-refractivity contribution is -0.150. The number of nitrogens with zero attached hydrogens (tertiary/aromatic N) is 3. The van der Waals surface area contributed by atoms with Crippen LogP contribution in [0.1, 0.15) is 51.4 Å². The predicted octanol–water partition coefficient (Wildman–Crippen LogP) is 5.49. The third-order valence-electron chi connectivity index (χ3n) is 5.09. The van der Waals surface area contributed by atoms with Gasteiger partial charge in [0.05, 0.1) is 27.3 Å². The van der Waals surface area contributed by atoms with Crippen LogP contribution in [0.3, 0.4) is 0 Å². The summed E-state index contributed by atoms with van der Waals surface area (Å²) in [6.45, 7) is 7.78. The number of halogens is 2. The van der Waals surface area contributed by atoms with Crippen LogP contribution >= 0.6 is 38.5 Å². The van der Waals surface area contributed by atoms with E-state index in [4.69, 9.17) is 14.5 Å². The van der Waals surface area contributed by atoms with Crippen molar-refractivity contribution in [1.82, 2.24) is 9.66 Å². The molecule has 2 atom stereocenters. The molecule has 0 fully saturated rings. The van der Waals surface area contributed by atoms with Crippen molar-refractivity contribution in [3.05, 3.63) is 66.2 Å². The Hall–Kier alpha value is -2.27. The van der Waals surface area contributed by atoms with Gasteiger partial charge in [-0.3, -0.25) is 4.79 Å². The van der Waals surface area contributed by atoms with Gasteiger partial charge in [-0.15, -0.1) is 0 Å². The highest BCUT2D eigenvalue weighted by molar-refractivity contribution is 14.1. The second kappa shape index (κ2) is 11.2. The van der Waals surface area contributed by atoms with Crippen molar-refractivity contribution < 1.29 is 14.3 Å². The van der Waals surface area contributed by atoms with E-state index in [2.05, 4.69) is 50.5 Å².